The van der Waals surface area contributed by atoms with Crippen LogP contribution in [-0.2, 0) is 17.8 Å². The van der Waals surface area contributed by atoms with Crippen molar-refractivity contribution in [3.63, 3.8) is 0 Å². The van der Waals surface area contributed by atoms with E-state index in [0.29, 0.717) is 33.9 Å². The third-order valence-corrected chi connectivity index (χ3v) is 6.92. The highest BCUT2D eigenvalue weighted by Crippen LogP contribution is 2.31. The SMILES string of the molecule is CCc1cccc2c(/C=C3/C(=O)N(CC)C(=S)N3C)cn(Cc3ccc(Cl)c(Cl)c3)c12. The number of rotatable bonds is 5. The molecule has 0 unspecified atom stereocenters. The van der Waals surface area contributed by atoms with E-state index in [0.717, 1.165) is 28.5 Å². The number of carbonyl (C=O) groups is 1. The molecule has 0 saturated carbocycles. The molecule has 0 aliphatic carbocycles. The van der Waals surface area contributed by atoms with Crippen molar-refractivity contribution in [3.05, 3.63) is 75.0 Å². The normalized spacial score (nSPS) is 15.7. The summed E-state index contributed by atoms with van der Waals surface area (Å²) in [6.45, 7) is 5.28. The summed E-state index contributed by atoms with van der Waals surface area (Å²) < 4.78 is 2.22. The number of fused-ring (bicyclic) bond motifs is 1. The highest BCUT2D eigenvalue weighted by Gasteiger charge is 2.34. The van der Waals surface area contributed by atoms with Gasteiger partial charge >= 0.3 is 0 Å². The van der Waals surface area contributed by atoms with Gasteiger partial charge in [0.25, 0.3) is 5.91 Å². The van der Waals surface area contributed by atoms with E-state index >= 15 is 0 Å². The molecule has 4 rings (SSSR count). The zero-order valence-electron chi connectivity index (χ0n) is 17.7. The second-order valence-corrected chi connectivity index (χ2v) is 8.73. The van der Waals surface area contributed by atoms with E-state index in [4.69, 9.17) is 35.4 Å². The number of aryl methyl sites for hydroxylation is 1. The minimum atomic E-state index is -0.0629. The van der Waals surface area contributed by atoms with Crippen LogP contribution in [0.15, 0.2) is 48.3 Å². The zero-order valence-corrected chi connectivity index (χ0v) is 20.0. The van der Waals surface area contributed by atoms with Gasteiger partial charge in [0, 0.05) is 37.3 Å². The molecule has 31 heavy (non-hydrogen) atoms. The van der Waals surface area contributed by atoms with E-state index in [-0.39, 0.29) is 5.91 Å². The third kappa shape index (κ3) is 3.86. The van der Waals surface area contributed by atoms with Gasteiger partial charge < -0.3 is 9.47 Å². The molecule has 0 atom stereocenters. The molecule has 7 heteroatoms. The maximum atomic E-state index is 12.9. The summed E-state index contributed by atoms with van der Waals surface area (Å²) in [5, 5.41) is 2.73. The number of benzene rings is 2. The molecular weight excluding hydrogens is 449 g/mol. The van der Waals surface area contributed by atoms with Crippen molar-refractivity contribution >= 4 is 63.4 Å². The van der Waals surface area contributed by atoms with Crippen LogP contribution in [0.2, 0.25) is 10.0 Å². The van der Waals surface area contributed by atoms with Gasteiger partial charge in [0.05, 0.1) is 15.6 Å². The van der Waals surface area contributed by atoms with Gasteiger partial charge in [-0.2, -0.15) is 0 Å². The fourth-order valence-electron chi connectivity index (χ4n) is 4.06. The summed E-state index contributed by atoms with van der Waals surface area (Å²) in [5.41, 5.74) is 5.04. The molecule has 1 aromatic heterocycles. The summed E-state index contributed by atoms with van der Waals surface area (Å²) >= 11 is 17.8. The third-order valence-electron chi connectivity index (χ3n) is 5.68. The monoisotopic (exact) mass is 471 g/mol. The lowest BCUT2D eigenvalue weighted by atomic mass is 10.1. The molecule has 3 aromatic rings. The number of carbonyl (C=O) groups excluding carboxylic acids is 1. The molecule has 0 radical (unpaired) electrons. The lowest BCUT2D eigenvalue weighted by Gasteiger charge is -2.13. The van der Waals surface area contributed by atoms with Gasteiger partial charge in [-0.15, -0.1) is 0 Å². The van der Waals surface area contributed by atoms with Gasteiger partial charge in [-0.3, -0.25) is 9.69 Å². The molecule has 2 aromatic carbocycles. The first kappa shape index (κ1) is 21.9. The number of thiocarbonyl (C=S) groups is 1. The maximum Gasteiger partial charge on any atom is 0.276 e. The number of aromatic nitrogens is 1. The first-order chi connectivity index (χ1) is 14.8. The summed E-state index contributed by atoms with van der Waals surface area (Å²) in [6.07, 6.45) is 4.95. The average Bonchev–Trinajstić information content (AvgIpc) is 3.20. The second kappa shape index (κ2) is 8.65. The Balaban J connectivity index is 1.85. The van der Waals surface area contributed by atoms with E-state index in [1.54, 1.807) is 9.80 Å². The topological polar surface area (TPSA) is 28.5 Å². The lowest BCUT2D eigenvalue weighted by Crippen LogP contribution is -2.30. The summed E-state index contributed by atoms with van der Waals surface area (Å²) in [6, 6.07) is 12.0. The number of hydrogen-bond acceptors (Lipinski definition) is 2. The molecule has 0 N–H and O–H groups in total. The molecule has 1 amide bonds. The molecule has 0 bridgehead atoms. The van der Waals surface area contributed by atoms with E-state index in [1.807, 2.05) is 38.2 Å². The Hall–Kier alpha value is -2.34. The van der Waals surface area contributed by atoms with Crippen LogP contribution in [0.3, 0.4) is 0 Å². The standard InChI is InChI=1S/C24H23Cl2N3OS/c1-4-16-7-6-8-18-17(12-21-23(30)29(5-2)24(31)27(21)3)14-28(22(16)18)13-15-9-10-19(25)20(26)11-15/h6-12,14H,4-5,13H2,1-3H3/b21-12-. The Morgan fingerprint density at radius 1 is 1.10 bits per heavy atom. The van der Waals surface area contributed by atoms with Crippen LogP contribution in [0.5, 0.6) is 0 Å². The molecule has 1 aliphatic rings. The second-order valence-electron chi connectivity index (χ2n) is 7.55. The smallest absolute Gasteiger partial charge is 0.276 e. The molecule has 1 saturated heterocycles. The van der Waals surface area contributed by atoms with Gasteiger partial charge in [-0.05, 0) is 54.9 Å². The Kier molecular flexibility index (Phi) is 6.11. The van der Waals surface area contributed by atoms with Crippen LogP contribution in [0.25, 0.3) is 17.0 Å². The lowest BCUT2D eigenvalue weighted by molar-refractivity contribution is -0.122. The fourth-order valence-corrected chi connectivity index (χ4v) is 4.69. The number of para-hydroxylation sites is 1. The van der Waals surface area contributed by atoms with E-state index in [2.05, 4.69) is 35.9 Å². The number of hydrogen-bond donors (Lipinski definition) is 0. The van der Waals surface area contributed by atoms with Crippen molar-refractivity contribution < 1.29 is 4.79 Å². The van der Waals surface area contributed by atoms with Crippen molar-refractivity contribution in [2.24, 2.45) is 0 Å². The van der Waals surface area contributed by atoms with Gasteiger partial charge in [0.1, 0.15) is 5.70 Å². The van der Waals surface area contributed by atoms with Crippen LogP contribution in [0.1, 0.15) is 30.5 Å². The van der Waals surface area contributed by atoms with Crippen LogP contribution in [0.4, 0.5) is 0 Å². The van der Waals surface area contributed by atoms with Crippen molar-refractivity contribution in [3.8, 4) is 0 Å². The predicted molar refractivity (Wildman–Crippen MR) is 133 cm³/mol. The Bertz CT molecular complexity index is 1230. The van der Waals surface area contributed by atoms with E-state index in [1.165, 1.54) is 5.56 Å². The molecule has 1 fully saturated rings. The van der Waals surface area contributed by atoms with Gasteiger partial charge in [-0.25, -0.2) is 0 Å². The minimum absolute atomic E-state index is 0.0629. The maximum absolute atomic E-state index is 12.9. The summed E-state index contributed by atoms with van der Waals surface area (Å²) in [7, 11) is 1.84. The highest BCUT2D eigenvalue weighted by atomic mass is 35.5. The zero-order chi connectivity index (χ0) is 22.3. The Morgan fingerprint density at radius 2 is 1.87 bits per heavy atom. The number of amides is 1. The summed E-state index contributed by atoms with van der Waals surface area (Å²) in [5.74, 6) is -0.0629. The van der Waals surface area contributed by atoms with Crippen molar-refractivity contribution in [1.82, 2.24) is 14.4 Å². The fraction of sp³-hybridized carbons (Fsp3) is 0.250. The van der Waals surface area contributed by atoms with Crippen molar-refractivity contribution in [2.75, 3.05) is 13.6 Å². The first-order valence-corrected chi connectivity index (χ1v) is 11.4. The number of nitrogens with zero attached hydrogens (tertiary/aromatic N) is 3. The van der Waals surface area contributed by atoms with Gasteiger partial charge in [0.15, 0.2) is 5.11 Å². The molecule has 160 valence electrons. The van der Waals surface area contributed by atoms with Crippen LogP contribution < -0.4 is 0 Å². The Morgan fingerprint density at radius 3 is 2.52 bits per heavy atom. The van der Waals surface area contributed by atoms with Crippen LogP contribution >= 0.6 is 35.4 Å². The van der Waals surface area contributed by atoms with Crippen LogP contribution in [0, 0.1) is 0 Å². The highest BCUT2D eigenvalue weighted by molar-refractivity contribution is 7.80. The number of likely N-dealkylation sites (N-methyl/N-ethyl adjacent to an activating group) is 2. The van der Waals surface area contributed by atoms with Crippen molar-refractivity contribution in [1.29, 1.82) is 0 Å². The Labute approximate surface area is 197 Å². The van der Waals surface area contributed by atoms with Gasteiger partial charge in [0.2, 0.25) is 0 Å². The van der Waals surface area contributed by atoms with Crippen molar-refractivity contribution in [2.45, 2.75) is 26.8 Å². The summed E-state index contributed by atoms with van der Waals surface area (Å²) in [4.78, 5) is 16.3. The first-order valence-electron chi connectivity index (χ1n) is 10.2. The van der Waals surface area contributed by atoms with Crippen LogP contribution in [-0.4, -0.2) is 39.0 Å². The predicted octanol–water partition coefficient (Wildman–Crippen LogP) is 5.98. The molecule has 0 spiro atoms. The minimum Gasteiger partial charge on any atom is -0.342 e. The molecule has 4 nitrogen and oxygen atoms in total. The van der Waals surface area contributed by atoms with E-state index < -0.39 is 0 Å². The average molecular weight is 472 g/mol. The molecular formula is C24H23Cl2N3OS. The number of halogens is 2. The van der Waals surface area contributed by atoms with E-state index in [9.17, 15) is 4.79 Å². The molecule has 1 aliphatic heterocycles. The van der Waals surface area contributed by atoms with Gasteiger partial charge in [-0.1, -0.05) is 54.4 Å². The molecule has 2 heterocycles. The quantitative estimate of drug-likeness (QED) is 0.338. The largest absolute Gasteiger partial charge is 0.342 e.